The number of rotatable bonds is 9. The Hall–Kier alpha value is -3.02. The fourth-order valence-corrected chi connectivity index (χ4v) is 5.82. The largest absolute Gasteiger partial charge is 0.254 e. The minimum Gasteiger partial charge on any atom is -0.254 e. The third-order valence-corrected chi connectivity index (χ3v) is 8.47. The van der Waals surface area contributed by atoms with Gasteiger partial charge in [-0.2, -0.15) is 0 Å². The molecule has 2 heterocycles. The van der Waals surface area contributed by atoms with Crippen LogP contribution >= 0.6 is 0 Å². The molecule has 0 saturated carbocycles. The zero-order chi connectivity index (χ0) is 27.0. The van der Waals surface area contributed by atoms with E-state index in [1.54, 1.807) is 33.2 Å². The van der Waals surface area contributed by atoms with Gasteiger partial charge in [0.15, 0.2) is 23.3 Å². The van der Waals surface area contributed by atoms with Crippen LogP contribution in [0.15, 0.2) is 42.7 Å². The van der Waals surface area contributed by atoms with Gasteiger partial charge in [-0.05, 0) is 55.2 Å². The van der Waals surface area contributed by atoms with E-state index in [-0.39, 0.29) is 6.42 Å². The summed E-state index contributed by atoms with van der Waals surface area (Å²) in [6.07, 6.45) is 5.53. The van der Waals surface area contributed by atoms with Gasteiger partial charge in [0.05, 0.1) is 11.0 Å². The Morgan fingerprint density at radius 2 is 1.32 bits per heavy atom. The molecular weight excluding hydrogens is 476 g/mol. The topological polar surface area (TPSA) is 25.8 Å². The molecule has 196 valence electrons. The summed E-state index contributed by atoms with van der Waals surface area (Å²) in [4.78, 5) is 9.01. The van der Waals surface area contributed by atoms with Crippen LogP contribution in [0.25, 0.3) is 21.8 Å². The van der Waals surface area contributed by atoms with E-state index in [2.05, 4.69) is 9.97 Å². The maximum absolute atomic E-state index is 15.9. The van der Waals surface area contributed by atoms with Crippen LogP contribution in [0.5, 0.6) is 0 Å². The molecular formula is C31H34F4N2. The SMILES string of the molecule is CCCC(CC)(Cc1ccnc2c1ccc1cccnc12)c1c(F)c(F)c(C(C)(CC)CC)c(F)c1F. The highest BCUT2D eigenvalue weighted by Gasteiger charge is 2.42. The van der Waals surface area contributed by atoms with Crippen LogP contribution < -0.4 is 0 Å². The second kappa shape index (κ2) is 10.4. The van der Waals surface area contributed by atoms with E-state index in [4.69, 9.17) is 0 Å². The second-order valence-corrected chi connectivity index (χ2v) is 10.3. The Balaban J connectivity index is 1.96. The molecule has 4 aromatic rings. The summed E-state index contributed by atoms with van der Waals surface area (Å²) < 4.78 is 63.2. The summed E-state index contributed by atoms with van der Waals surface area (Å²) >= 11 is 0. The van der Waals surface area contributed by atoms with Gasteiger partial charge in [0.25, 0.3) is 0 Å². The Labute approximate surface area is 216 Å². The van der Waals surface area contributed by atoms with Crippen LogP contribution in [0.4, 0.5) is 17.6 Å². The lowest BCUT2D eigenvalue weighted by molar-refractivity contribution is 0.305. The average molecular weight is 511 g/mol. The smallest absolute Gasteiger partial charge is 0.166 e. The zero-order valence-corrected chi connectivity index (χ0v) is 22.2. The van der Waals surface area contributed by atoms with Crippen molar-refractivity contribution < 1.29 is 17.6 Å². The summed E-state index contributed by atoms with van der Waals surface area (Å²) in [7, 11) is 0. The van der Waals surface area contributed by atoms with Gasteiger partial charge in [-0.15, -0.1) is 0 Å². The highest BCUT2D eigenvalue weighted by molar-refractivity contribution is 6.03. The predicted octanol–water partition coefficient (Wildman–Crippen LogP) is 9.11. The Kier molecular flexibility index (Phi) is 7.59. The first-order valence-corrected chi connectivity index (χ1v) is 13.2. The molecule has 0 bridgehead atoms. The maximum atomic E-state index is 15.9. The number of hydrogen-bond acceptors (Lipinski definition) is 2. The van der Waals surface area contributed by atoms with Crippen LogP contribution in [0.1, 0.15) is 83.4 Å². The predicted molar refractivity (Wildman–Crippen MR) is 142 cm³/mol. The van der Waals surface area contributed by atoms with Gasteiger partial charge in [0, 0.05) is 39.7 Å². The van der Waals surface area contributed by atoms with E-state index < -0.39 is 45.2 Å². The van der Waals surface area contributed by atoms with Crippen molar-refractivity contribution in [3.8, 4) is 0 Å². The van der Waals surface area contributed by atoms with Crippen LogP contribution in [-0.2, 0) is 17.3 Å². The Morgan fingerprint density at radius 3 is 1.92 bits per heavy atom. The molecule has 0 aliphatic carbocycles. The molecule has 4 rings (SSSR count). The summed E-state index contributed by atoms with van der Waals surface area (Å²) in [6.45, 7) is 8.92. The summed E-state index contributed by atoms with van der Waals surface area (Å²) in [5, 5.41) is 1.74. The molecule has 0 fully saturated rings. The monoisotopic (exact) mass is 510 g/mol. The molecule has 2 aromatic carbocycles. The number of halogens is 4. The number of benzene rings is 2. The van der Waals surface area contributed by atoms with Gasteiger partial charge in [-0.25, -0.2) is 17.6 Å². The fraction of sp³-hybridized carbons (Fsp3) is 0.419. The molecule has 0 radical (unpaired) electrons. The molecule has 0 spiro atoms. The number of fused-ring (bicyclic) bond motifs is 3. The second-order valence-electron chi connectivity index (χ2n) is 10.3. The van der Waals surface area contributed by atoms with E-state index in [0.717, 1.165) is 21.9 Å². The van der Waals surface area contributed by atoms with Gasteiger partial charge in [0.2, 0.25) is 0 Å². The first-order chi connectivity index (χ1) is 17.7. The van der Waals surface area contributed by atoms with Crippen molar-refractivity contribution in [3.63, 3.8) is 0 Å². The van der Waals surface area contributed by atoms with Crippen LogP contribution in [0.3, 0.4) is 0 Å². The number of nitrogens with zero attached hydrogens (tertiary/aromatic N) is 2. The lowest BCUT2D eigenvalue weighted by Gasteiger charge is -2.36. The molecule has 2 nitrogen and oxygen atoms in total. The molecule has 0 aliphatic heterocycles. The average Bonchev–Trinajstić information content (AvgIpc) is 2.92. The highest BCUT2D eigenvalue weighted by Crippen LogP contribution is 2.45. The fourth-order valence-electron chi connectivity index (χ4n) is 5.82. The van der Waals surface area contributed by atoms with E-state index >= 15 is 17.6 Å². The van der Waals surface area contributed by atoms with Crippen molar-refractivity contribution >= 4 is 21.8 Å². The van der Waals surface area contributed by atoms with E-state index in [1.165, 1.54) is 0 Å². The van der Waals surface area contributed by atoms with Crippen LogP contribution in [-0.4, -0.2) is 9.97 Å². The van der Waals surface area contributed by atoms with Crippen LogP contribution in [0, 0.1) is 23.3 Å². The maximum Gasteiger partial charge on any atom is 0.166 e. The molecule has 2 aromatic heterocycles. The lowest BCUT2D eigenvalue weighted by Crippen LogP contribution is -2.34. The zero-order valence-electron chi connectivity index (χ0n) is 22.2. The van der Waals surface area contributed by atoms with Crippen molar-refractivity contribution in [2.24, 2.45) is 0 Å². The first kappa shape index (κ1) is 27.0. The highest BCUT2D eigenvalue weighted by atomic mass is 19.2. The minimum absolute atomic E-state index is 0.208. The molecule has 1 unspecified atom stereocenters. The first-order valence-electron chi connectivity index (χ1n) is 13.2. The van der Waals surface area contributed by atoms with Gasteiger partial charge in [-0.1, -0.05) is 59.2 Å². The van der Waals surface area contributed by atoms with Crippen molar-refractivity contribution in [3.05, 3.63) is 82.7 Å². The minimum atomic E-state index is -1.28. The summed E-state index contributed by atoms with van der Waals surface area (Å²) in [5.41, 5.74) is -0.916. The van der Waals surface area contributed by atoms with Crippen molar-refractivity contribution in [2.45, 2.75) is 84.0 Å². The summed E-state index contributed by atoms with van der Waals surface area (Å²) in [6, 6.07) is 9.48. The molecule has 0 amide bonds. The van der Waals surface area contributed by atoms with E-state index in [0.29, 0.717) is 37.6 Å². The lowest BCUT2D eigenvalue weighted by atomic mass is 9.68. The van der Waals surface area contributed by atoms with E-state index in [1.807, 2.05) is 44.2 Å². The van der Waals surface area contributed by atoms with Crippen LogP contribution in [0.2, 0.25) is 0 Å². The van der Waals surface area contributed by atoms with Gasteiger partial charge in [0.1, 0.15) is 0 Å². The standard InChI is InChI=1S/C31H34F4N2/c1-6-15-31(9-4,23-26(34)24(32)22(25(33)27(23)35)30(5,7-2)8-3)18-20-14-17-37-29-21(20)13-12-19-11-10-16-36-28(19)29/h10-14,16-17H,6-9,15,18H2,1-5H3. The number of aromatic nitrogens is 2. The third-order valence-electron chi connectivity index (χ3n) is 8.47. The summed E-state index contributed by atoms with van der Waals surface area (Å²) in [5.74, 6) is -5.10. The van der Waals surface area contributed by atoms with Gasteiger partial charge >= 0.3 is 0 Å². The van der Waals surface area contributed by atoms with Crippen molar-refractivity contribution in [1.82, 2.24) is 9.97 Å². The van der Waals surface area contributed by atoms with Gasteiger partial charge < -0.3 is 0 Å². The number of hydrogen-bond donors (Lipinski definition) is 0. The molecule has 0 N–H and O–H groups in total. The molecule has 37 heavy (non-hydrogen) atoms. The number of pyridine rings is 2. The third kappa shape index (κ3) is 4.38. The normalized spacial score (nSPS) is 13.9. The quantitative estimate of drug-likeness (QED) is 0.127. The molecule has 0 aliphatic rings. The molecule has 1 atom stereocenters. The van der Waals surface area contributed by atoms with Gasteiger partial charge in [-0.3, -0.25) is 9.97 Å². The van der Waals surface area contributed by atoms with Crippen molar-refractivity contribution in [2.75, 3.05) is 0 Å². The van der Waals surface area contributed by atoms with Crippen molar-refractivity contribution in [1.29, 1.82) is 0 Å². The molecule has 6 heteroatoms. The van der Waals surface area contributed by atoms with E-state index in [9.17, 15) is 0 Å². The Bertz CT molecular complexity index is 1420. The Morgan fingerprint density at radius 1 is 0.703 bits per heavy atom. The molecule has 0 saturated heterocycles.